The predicted molar refractivity (Wildman–Crippen MR) is 105 cm³/mol. The van der Waals surface area contributed by atoms with E-state index in [0.29, 0.717) is 0 Å². The van der Waals surface area contributed by atoms with Crippen molar-refractivity contribution in [2.75, 3.05) is 23.7 Å². The molecule has 0 aliphatic carbocycles. The van der Waals surface area contributed by atoms with Crippen LogP contribution in [0.5, 0.6) is 0 Å². The Hall–Kier alpha value is -2.47. The van der Waals surface area contributed by atoms with Gasteiger partial charge < -0.3 is 4.90 Å². The van der Waals surface area contributed by atoms with E-state index < -0.39 is 0 Å². The molecule has 0 radical (unpaired) electrons. The molecule has 0 bridgehead atoms. The van der Waals surface area contributed by atoms with Gasteiger partial charge in [0.15, 0.2) is 0 Å². The van der Waals surface area contributed by atoms with Crippen LogP contribution in [0.1, 0.15) is 17.5 Å². The molecule has 6 heteroatoms. The number of aryl methyl sites for hydroxylation is 2. The summed E-state index contributed by atoms with van der Waals surface area (Å²) in [6.45, 7) is 3.10. The molecule has 0 aromatic heterocycles. The van der Waals surface area contributed by atoms with Crippen molar-refractivity contribution in [2.24, 2.45) is 0 Å². The van der Waals surface area contributed by atoms with Gasteiger partial charge in [0, 0.05) is 17.1 Å². The number of hydrogen-bond donors (Lipinski definition) is 2. The first-order valence-corrected chi connectivity index (χ1v) is 9.71. The Morgan fingerprint density at radius 1 is 1.04 bits per heavy atom. The Labute approximate surface area is 158 Å². The zero-order valence-electron chi connectivity index (χ0n) is 14.8. The molecule has 2 aromatic carbocycles. The molecule has 5 nitrogen and oxygen atoms in total. The largest absolute Gasteiger partial charge is 0.362 e. The number of hydrazine groups is 1. The molecule has 2 N–H and O–H groups in total. The van der Waals surface area contributed by atoms with E-state index in [9.17, 15) is 9.59 Å². The molecule has 2 amide bonds. The topological polar surface area (TPSA) is 61.4 Å². The second kappa shape index (κ2) is 8.76. The van der Waals surface area contributed by atoms with Gasteiger partial charge in [0.1, 0.15) is 0 Å². The summed E-state index contributed by atoms with van der Waals surface area (Å²) in [6.07, 6.45) is 2.07. The number of nitrogens with one attached hydrogen (secondary N) is 2. The summed E-state index contributed by atoms with van der Waals surface area (Å²) in [5.74, 6) is -0.167. The highest BCUT2D eigenvalue weighted by Crippen LogP contribution is 2.26. The van der Waals surface area contributed by atoms with Gasteiger partial charge in [0.2, 0.25) is 5.91 Å². The summed E-state index contributed by atoms with van der Waals surface area (Å²) in [5, 5.41) is 0. The fourth-order valence-electron chi connectivity index (χ4n) is 3.03. The van der Waals surface area contributed by atoms with Gasteiger partial charge in [0.25, 0.3) is 5.91 Å². The van der Waals surface area contributed by atoms with Crippen molar-refractivity contribution in [2.45, 2.75) is 24.7 Å². The monoisotopic (exact) mass is 369 g/mol. The lowest BCUT2D eigenvalue weighted by Crippen LogP contribution is -2.47. The van der Waals surface area contributed by atoms with Gasteiger partial charge in [-0.15, -0.1) is 11.8 Å². The van der Waals surface area contributed by atoms with Gasteiger partial charge in [-0.1, -0.05) is 36.4 Å². The highest BCUT2D eigenvalue weighted by atomic mass is 32.2. The smallest absolute Gasteiger partial charge is 0.257 e. The molecule has 26 heavy (non-hydrogen) atoms. The van der Waals surface area contributed by atoms with Crippen molar-refractivity contribution in [3.8, 4) is 0 Å². The number of carbonyl (C=O) groups excluding carboxylic acids is 2. The second-order valence-corrected chi connectivity index (χ2v) is 7.32. The van der Waals surface area contributed by atoms with Crippen LogP contribution in [0, 0.1) is 6.92 Å². The first-order valence-electron chi connectivity index (χ1n) is 8.72. The molecule has 2 aromatic rings. The van der Waals surface area contributed by atoms with E-state index in [0.717, 1.165) is 35.5 Å². The number of para-hydroxylation sites is 1. The first-order chi connectivity index (χ1) is 12.6. The van der Waals surface area contributed by atoms with E-state index in [-0.39, 0.29) is 24.1 Å². The quantitative estimate of drug-likeness (QED) is 0.628. The molecule has 0 saturated carbocycles. The molecule has 136 valence electrons. The molecular weight excluding hydrogens is 346 g/mol. The summed E-state index contributed by atoms with van der Waals surface area (Å²) < 4.78 is 0. The van der Waals surface area contributed by atoms with Crippen LogP contribution in [0.2, 0.25) is 0 Å². The third-order valence-corrected chi connectivity index (χ3v) is 5.51. The lowest BCUT2D eigenvalue weighted by atomic mass is 10.0. The minimum Gasteiger partial charge on any atom is -0.362 e. The van der Waals surface area contributed by atoms with Gasteiger partial charge in [0.05, 0.1) is 12.3 Å². The van der Waals surface area contributed by atoms with Crippen LogP contribution >= 0.6 is 11.8 Å². The third-order valence-electron chi connectivity index (χ3n) is 4.33. The highest BCUT2D eigenvalue weighted by Gasteiger charge is 2.18. The van der Waals surface area contributed by atoms with E-state index in [1.807, 2.05) is 49.4 Å². The van der Waals surface area contributed by atoms with Gasteiger partial charge in [-0.05, 0) is 43.0 Å². The zero-order valence-corrected chi connectivity index (χ0v) is 15.6. The average molecular weight is 369 g/mol. The van der Waals surface area contributed by atoms with Crippen molar-refractivity contribution in [1.29, 1.82) is 0 Å². The molecule has 0 spiro atoms. The fourth-order valence-corrected chi connectivity index (χ4v) is 3.86. The van der Waals surface area contributed by atoms with Crippen LogP contribution in [0.3, 0.4) is 0 Å². The van der Waals surface area contributed by atoms with Crippen LogP contribution in [0.4, 0.5) is 5.69 Å². The third kappa shape index (κ3) is 4.79. The molecule has 1 aliphatic rings. The Balaban J connectivity index is 1.44. The lowest BCUT2D eigenvalue weighted by Gasteiger charge is -2.30. The fraction of sp³-hybridized carbons (Fsp3) is 0.300. The van der Waals surface area contributed by atoms with Crippen molar-refractivity contribution >= 4 is 29.3 Å². The van der Waals surface area contributed by atoms with Crippen LogP contribution in [-0.4, -0.2) is 30.7 Å². The molecule has 0 unspecified atom stereocenters. The normalized spacial score (nSPS) is 13.0. The highest BCUT2D eigenvalue weighted by molar-refractivity contribution is 8.00. The lowest BCUT2D eigenvalue weighted by molar-refractivity contribution is -0.126. The number of carbonyl (C=O) groups is 2. The maximum absolute atomic E-state index is 12.2. The van der Waals surface area contributed by atoms with Crippen molar-refractivity contribution < 1.29 is 9.59 Å². The molecule has 3 rings (SSSR count). The van der Waals surface area contributed by atoms with Crippen LogP contribution in [0.15, 0.2) is 53.4 Å². The number of anilines is 1. The van der Waals surface area contributed by atoms with Crippen LogP contribution < -0.4 is 15.8 Å². The summed E-state index contributed by atoms with van der Waals surface area (Å²) in [5.41, 5.74) is 8.53. The number of benzene rings is 2. The Morgan fingerprint density at radius 3 is 2.62 bits per heavy atom. The van der Waals surface area contributed by atoms with Crippen LogP contribution in [0.25, 0.3) is 0 Å². The standard InChI is InChI=1S/C20H23N3O2S/c1-15-7-2-5-11-18(15)26-14-20(25)22-21-19(24)13-23-12-6-9-16-8-3-4-10-17(16)23/h2-5,7-8,10-11H,6,9,12-14H2,1H3,(H,21,24)(H,22,25). The summed E-state index contributed by atoms with van der Waals surface area (Å²) in [4.78, 5) is 27.3. The summed E-state index contributed by atoms with van der Waals surface area (Å²) in [6, 6.07) is 16.1. The van der Waals surface area contributed by atoms with Gasteiger partial charge in [-0.2, -0.15) is 0 Å². The summed E-state index contributed by atoms with van der Waals surface area (Å²) >= 11 is 1.46. The summed E-state index contributed by atoms with van der Waals surface area (Å²) in [7, 11) is 0. The zero-order chi connectivity index (χ0) is 18.4. The molecular formula is C20H23N3O2S. The Kier molecular flexibility index (Phi) is 6.17. The number of thioether (sulfide) groups is 1. The van der Waals surface area contributed by atoms with Crippen molar-refractivity contribution in [3.05, 3.63) is 59.7 Å². The van der Waals surface area contributed by atoms with E-state index >= 15 is 0 Å². The number of rotatable bonds is 5. The maximum atomic E-state index is 12.2. The second-order valence-electron chi connectivity index (χ2n) is 6.30. The first kappa shape index (κ1) is 18.3. The predicted octanol–water partition coefficient (Wildman–Crippen LogP) is 2.69. The van der Waals surface area contributed by atoms with E-state index in [4.69, 9.17) is 0 Å². The molecule has 0 atom stereocenters. The van der Waals surface area contributed by atoms with E-state index in [1.165, 1.54) is 17.3 Å². The van der Waals surface area contributed by atoms with Crippen molar-refractivity contribution in [3.63, 3.8) is 0 Å². The number of amides is 2. The Bertz CT molecular complexity index is 794. The minimum absolute atomic E-state index is 0.212. The Morgan fingerprint density at radius 2 is 1.77 bits per heavy atom. The molecule has 0 fully saturated rings. The van der Waals surface area contributed by atoms with Crippen molar-refractivity contribution in [1.82, 2.24) is 10.9 Å². The van der Waals surface area contributed by atoms with E-state index in [1.54, 1.807) is 0 Å². The van der Waals surface area contributed by atoms with Gasteiger partial charge >= 0.3 is 0 Å². The number of fused-ring (bicyclic) bond motifs is 1. The number of nitrogens with zero attached hydrogens (tertiary/aromatic N) is 1. The molecule has 1 aliphatic heterocycles. The average Bonchev–Trinajstić information content (AvgIpc) is 2.66. The van der Waals surface area contributed by atoms with E-state index in [2.05, 4.69) is 21.8 Å². The SMILES string of the molecule is Cc1ccccc1SCC(=O)NNC(=O)CN1CCCc2ccccc21. The number of hydrogen-bond acceptors (Lipinski definition) is 4. The van der Waals surface area contributed by atoms with Crippen LogP contribution in [-0.2, 0) is 16.0 Å². The minimum atomic E-state index is -0.217. The molecule has 1 heterocycles. The molecule has 0 saturated heterocycles. The maximum Gasteiger partial charge on any atom is 0.257 e. The van der Waals surface area contributed by atoms with Gasteiger partial charge in [-0.25, -0.2) is 0 Å². The van der Waals surface area contributed by atoms with Gasteiger partial charge in [-0.3, -0.25) is 20.4 Å².